The Morgan fingerprint density at radius 2 is 1.76 bits per heavy atom. The number of methoxy groups -OCH3 is 1. The molecule has 0 spiro atoms. The van der Waals surface area contributed by atoms with Gasteiger partial charge in [-0.3, -0.25) is 4.79 Å². The highest BCUT2D eigenvalue weighted by Crippen LogP contribution is 2.28. The number of rotatable bonds is 8. The highest BCUT2D eigenvalue weighted by molar-refractivity contribution is 5.99. The lowest BCUT2D eigenvalue weighted by molar-refractivity contribution is -0.0115. The normalized spacial score (nSPS) is 20.1. The van der Waals surface area contributed by atoms with Crippen LogP contribution in [-0.4, -0.2) is 97.6 Å². The van der Waals surface area contributed by atoms with Crippen LogP contribution in [-0.2, 0) is 4.74 Å². The number of hydrogen-bond acceptors (Lipinski definition) is 7. The van der Waals surface area contributed by atoms with Crippen LogP contribution in [0.3, 0.4) is 0 Å². The van der Waals surface area contributed by atoms with Crippen molar-refractivity contribution in [3.63, 3.8) is 0 Å². The van der Waals surface area contributed by atoms with Crippen LogP contribution < -0.4 is 25.4 Å². The number of aliphatic hydroxyl groups excluding tert-OH is 1. The lowest BCUT2D eigenvalue weighted by atomic mass is 10.0. The summed E-state index contributed by atoms with van der Waals surface area (Å²) in [5.41, 5.74) is 1.36. The Kier molecular flexibility index (Phi) is 13.9. The molecule has 0 saturated carbocycles. The number of ether oxygens (including phenoxy) is 3. The van der Waals surface area contributed by atoms with Gasteiger partial charge in [-0.2, -0.15) is 0 Å². The Hall–Kier alpha value is -4.03. The maximum absolute atomic E-state index is 14.2. The van der Waals surface area contributed by atoms with Gasteiger partial charge in [0, 0.05) is 50.1 Å². The molecule has 254 valence electrons. The van der Waals surface area contributed by atoms with Crippen LogP contribution in [0, 0.1) is 5.92 Å². The van der Waals surface area contributed by atoms with E-state index in [1.54, 1.807) is 73.3 Å². The molecule has 1 aliphatic rings. The van der Waals surface area contributed by atoms with Crippen molar-refractivity contribution in [1.29, 1.82) is 0 Å². The predicted octanol–water partition coefficient (Wildman–Crippen LogP) is 5.18. The van der Waals surface area contributed by atoms with Gasteiger partial charge in [-0.25, -0.2) is 9.59 Å². The molecule has 2 aromatic rings. The summed E-state index contributed by atoms with van der Waals surface area (Å²) in [6.07, 6.45) is 1.83. The Balaban J connectivity index is 1.87. The third-order valence-corrected chi connectivity index (χ3v) is 7.87. The average molecular weight is 642 g/mol. The number of benzene rings is 2. The van der Waals surface area contributed by atoms with Gasteiger partial charge in [-0.15, -0.1) is 0 Å². The van der Waals surface area contributed by atoms with E-state index < -0.39 is 12.1 Å². The Bertz CT molecular complexity index is 1290. The van der Waals surface area contributed by atoms with Crippen molar-refractivity contribution in [1.82, 2.24) is 15.1 Å². The van der Waals surface area contributed by atoms with Crippen molar-refractivity contribution in [3.05, 3.63) is 48.0 Å². The maximum atomic E-state index is 14.2. The third-order valence-electron chi connectivity index (χ3n) is 7.87. The number of fused-ring (bicyclic) bond motifs is 1. The summed E-state index contributed by atoms with van der Waals surface area (Å²) in [6, 6.07) is 10.9. The zero-order chi connectivity index (χ0) is 33.8. The fraction of sp³-hybridized carbons (Fsp3) is 0.559. The summed E-state index contributed by atoms with van der Waals surface area (Å²) < 4.78 is 17.8. The molecule has 12 nitrogen and oxygen atoms in total. The second-order valence-electron chi connectivity index (χ2n) is 12.3. The zero-order valence-corrected chi connectivity index (χ0v) is 28.2. The van der Waals surface area contributed by atoms with E-state index in [0.29, 0.717) is 29.5 Å². The number of urea groups is 2. The van der Waals surface area contributed by atoms with Crippen LogP contribution >= 0.6 is 0 Å². The van der Waals surface area contributed by atoms with Crippen molar-refractivity contribution in [2.45, 2.75) is 78.2 Å². The quantitative estimate of drug-likeness (QED) is 0.311. The molecule has 2 aromatic carbocycles. The molecule has 0 aliphatic carbocycles. The molecular formula is C34H51N5O7. The molecule has 3 rings (SSSR count). The molecule has 0 bridgehead atoms. The summed E-state index contributed by atoms with van der Waals surface area (Å²) in [5.74, 6) is 0.551. The van der Waals surface area contributed by atoms with Crippen LogP contribution in [0.5, 0.6) is 11.5 Å². The van der Waals surface area contributed by atoms with Crippen LogP contribution in [0.4, 0.5) is 21.0 Å². The van der Waals surface area contributed by atoms with E-state index in [1.165, 1.54) is 0 Å². The highest BCUT2D eigenvalue weighted by atomic mass is 16.5. The predicted molar refractivity (Wildman–Crippen MR) is 179 cm³/mol. The van der Waals surface area contributed by atoms with E-state index in [4.69, 9.17) is 14.2 Å². The van der Waals surface area contributed by atoms with Gasteiger partial charge in [0.15, 0.2) is 0 Å². The lowest BCUT2D eigenvalue weighted by Crippen LogP contribution is -2.48. The molecule has 46 heavy (non-hydrogen) atoms. The van der Waals surface area contributed by atoms with E-state index in [-0.39, 0.29) is 61.3 Å². The van der Waals surface area contributed by atoms with Gasteiger partial charge >= 0.3 is 12.1 Å². The van der Waals surface area contributed by atoms with Crippen LogP contribution in [0.25, 0.3) is 0 Å². The number of nitrogens with one attached hydrogen (secondary N) is 3. The van der Waals surface area contributed by atoms with Gasteiger partial charge < -0.3 is 45.1 Å². The van der Waals surface area contributed by atoms with E-state index in [1.807, 2.05) is 27.7 Å². The van der Waals surface area contributed by atoms with Crippen molar-refractivity contribution in [2.75, 3.05) is 51.1 Å². The first-order chi connectivity index (χ1) is 21.9. The van der Waals surface area contributed by atoms with Crippen LogP contribution in [0.1, 0.15) is 64.2 Å². The monoisotopic (exact) mass is 641 g/mol. The molecule has 0 fully saturated rings. The summed E-state index contributed by atoms with van der Waals surface area (Å²) in [6.45, 7) is 10.2. The number of amides is 5. The second-order valence-corrected chi connectivity index (χ2v) is 12.3. The van der Waals surface area contributed by atoms with E-state index in [0.717, 1.165) is 19.3 Å². The summed E-state index contributed by atoms with van der Waals surface area (Å²) in [5, 5.41) is 18.7. The minimum absolute atomic E-state index is 0.0618. The molecule has 12 heteroatoms. The minimum Gasteiger partial charge on any atom is -0.497 e. The van der Waals surface area contributed by atoms with E-state index >= 15 is 0 Å². The number of carbonyl (C=O) groups is 3. The fourth-order valence-corrected chi connectivity index (χ4v) is 5.14. The first-order valence-corrected chi connectivity index (χ1v) is 16.0. The van der Waals surface area contributed by atoms with Gasteiger partial charge in [0.05, 0.1) is 37.5 Å². The minimum atomic E-state index is -0.522. The van der Waals surface area contributed by atoms with Gasteiger partial charge in [-0.05, 0) is 89.4 Å². The van der Waals surface area contributed by atoms with Crippen molar-refractivity contribution >= 4 is 29.3 Å². The zero-order valence-electron chi connectivity index (χ0n) is 28.2. The number of nitrogens with zero attached hydrogens (tertiary/aromatic N) is 2. The molecule has 0 radical (unpaired) electrons. The SMILES string of the molecule is COc1ccc(NC(=O)N(C)C[C@@H]2OCCCC[C@@H](C)Oc3ccc(NC(=O)NC(C)C)cc3C(=O)N([C@H](C)CO)C[C@@H]2C)cc1. The Labute approximate surface area is 272 Å². The number of aliphatic hydroxyl groups is 1. The van der Waals surface area contributed by atoms with Gasteiger partial charge in [-0.1, -0.05) is 6.92 Å². The summed E-state index contributed by atoms with van der Waals surface area (Å²) >= 11 is 0. The average Bonchev–Trinajstić information content (AvgIpc) is 3.02. The van der Waals surface area contributed by atoms with Gasteiger partial charge in [0.1, 0.15) is 11.5 Å². The van der Waals surface area contributed by atoms with Crippen LogP contribution in [0.15, 0.2) is 42.5 Å². The van der Waals surface area contributed by atoms with Crippen molar-refractivity contribution < 1.29 is 33.7 Å². The molecular weight excluding hydrogens is 590 g/mol. The summed E-state index contributed by atoms with van der Waals surface area (Å²) in [4.78, 5) is 43.0. The number of carbonyl (C=O) groups excluding carboxylic acids is 3. The standard InChI is InChI=1S/C34H51N5O7/c1-22(2)35-33(42)36-27-13-16-30-29(18-27)32(41)39(24(4)21-40)19-23(3)31(45-17-9-8-10-25(5)46-30)20-38(6)34(43)37-26-11-14-28(44-7)15-12-26/h11-16,18,22-25,31,40H,8-10,17,19-21H2,1-7H3,(H,37,43)(H2,35,36,42)/t23-,24+,25+,31-/m0/s1. The van der Waals surface area contributed by atoms with Crippen molar-refractivity contribution in [2.24, 2.45) is 5.92 Å². The molecule has 0 unspecified atom stereocenters. The molecule has 1 heterocycles. The second kappa shape index (κ2) is 17.6. The third kappa shape index (κ3) is 10.8. The topological polar surface area (TPSA) is 142 Å². The van der Waals surface area contributed by atoms with Gasteiger partial charge in [0.25, 0.3) is 5.91 Å². The molecule has 5 amide bonds. The van der Waals surface area contributed by atoms with Crippen molar-refractivity contribution in [3.8, 4) is 11.5 Å². The smallest absolute Gasteiger partial charge is 0.321 e. The molecule has 4 atom stereocenters. The molecule has 0 saturated heterocycles. The van der Waals surface area contributed by atoms with Crippen LogP contribution in [0.2, 0.25) is 0 Å². The first kappa shape index (κ1) is 36.4. The molecule has 0 aromatic heterocycles. The fourth-order valence-electron chi connectivity index (χ4n) is 5.14. The van der Waals surface area contributed by atoms with Gasteiger partial charge in [0.2, 0.25) is 0 Å². The Morgan fingerprint density at radius 3 is 2.41 bits per heavy atom. The summed E-state index contributed by atoms with van der Waals surface area (Å²) in [7, 11) is 3.29. The maximum Gasteiger partial charge on any atom is 0.321 e. The number of hydrogen-bond donors (Lipinski definition) is 4. The largest absolute Gasteiger partial charge is 0.497 e. The van der Waals surface area contributed by atoms with E-state index in [9.17, 15) is 19.5 Å². The van der Waals surface area contributed by atoms with E-state index in [2.05, 4.69) is 16.0 Å². The number of anilines is 2. The number of likely N-dealkylation sites (N-methyl/N-ethyl adjacent to an activating group) is 1. The first-order valence-electron chi connectivity index (χ1n) is 16.0. The highest BCUT2D eigenvalue weighted by Gasteiger charge is 2.31. The molecule has 1 aliphatic heterocycles. The lowest BCUT2D eigenvalue weighted by Gasteiger charge is -2.35. The molecule has 4 N–H and O–H groups in total. The Morgan fingerprint density at radius 1 is 1.07 bits per heavy atom.